The summed E-state index contributed by atoms with van der Waals surface area (Å²) >= 11 is 6.04. The maximum absolute atomic E-state index is 12.4. The van der Waals surface area contributed by atoms with Crippen LogP contribution in [0.25, 0.3) is 0 Å². The fourth-order valence-electron chi connectivity index (χ4n) is 2.55. The minimum atomic E-state index is -0.480. The lowest BCUT2D eigenvalue weighted by molar-refractivity contribution is -0.0109. The Morgan fingerprint density at radius 3 is 2.96 bits per heavy atom. The van der Waals surface area contributed by atoms with Gasteiger partial charge in [0.1, 0.15) is 12.4 Å². The first-order valence-electron chi connectivity index (χ1n) is 8.05. The van der Waals surface area contributed by atoms with E-state index < -0.39 is 5.91 Å². The van der Waals surface area contributed by atoms with E-state index in [0.29, 0.717) is 23.1 Å². The predicted octanol–water partition coefficient (Wildman–Crippen LogP) is 2.91. The summed E-state index contributed by atoms with van der Waals surface area (Å²) in [6, 6.07) is 5.02. The third kappa shape index (κ3) is 4.58. The molecule has 25 heavy (non-hydrogen) atoms. The van der Waals surface area contributed by atoms with E-state index in [9.17, 15) is 4.79 Å². The molecule has 0 bridgehead atoms. The van der Waals surface area contributed by atoms with Crippen molar-refractivity contribution in [1.82, 2.24) is 9.97 Å². The SMILES string of the molecule is Nc1nccnc1C(=O)Nc1cc(Cl)ccc1OCC1CCCCO1. The molecule has 1 aliphatic rings. The van der Waals surface area contributed by atoms with Crippen molar-refractivity contribution in [2.24, 2.45) is 0 Å². The number of carbonyl (C=O) groups is 1. The van der Waals surface area contributed by atoms with Crippen LogP contribution in [-0.2, 0) is 4.74 Å². The van der Waals surface area contributed by atoms with Crippen LogP contribution in [0.15, 0.2) is 30.6 Å². The molecule has 2 aromatic rings. The Hall–Kier alpha value is -2.38. The molecule has 2 heterocycles. The molecule has 1 aliphatic heterocycles. The van der Waals surface area contributed by atoms with E-state index >= 15 is 0 Å². The molecule has 0 spiro atoms. The molecule has 1 saturated heterocycles. The number of nitrogens with zero attached hydrogens (tertiary/aromatic N) is 2. The highest BCUT2D eigenvalue weighted by atomic mass is 35.5. The summed E-state index contributed by atoms with van der Waals surface area (Å²) in [6.45, 7) is 1.17. The van der Waals surface area contributed by atoms with E-state index in [2.05, 4.69) is 15.3 Å². The second-order valence-corrected chi connectivity index (χ2v) is 6.12. The van der Waals surface area contributed by atoms with Crippen molar-refractivity contribution < 1.29 is 14.3 Å². The summed E-state index contributed by atoms with van der Waals surface area (Å²) in [5.74, 6) is 0.0844. The zero-order valence-corrected chi connectivity index (χ0v) is 14.3. The van der Waals surface area contributed by atoms with Gasteiger partial charge in [0.05, 0.1) is 11.8 Å². The van der Waals surface area contributed by atoms with E-state index in [1.807, 2.05) is 0 Å². The molecular formula is C17H19ClN4O3. The van der Waals surface area contributed by atoms with Crippen LogP contribution in [-0.4, -0.2) is 35.2 Å². The topological polar surface area (TPSA) is 99.4 Å². The standard InChI is InChI=1S/C17H19ClN4O3/c18-11-4-5-14(25-10-12-3-1-2-8-24-12)13(9-11)22-17(23)15-16(19)21-7-6-20-15/h4-7,9,12H,1-3,8,10H2,(H2,19,21)(H,22,23). The predicted molar refractivity (Wildman–Crippen MR) is 94.9 cm³/mol. The van der Waals surface area contributed by atoms with Gasteiger partial charge in [-0.15, -0.1) is 0 Å². The van der Waals surface area contributed by atoms with Gasteiger partial charge < -0.3 is 20.5 Å². The Morgan fingerprint density at radius 2 is 2.20 bits per heavy atom. The van der Waals surface area contributed by atoms with Crippen molar-refractivity contribution in [2.45, 2.75) is 25.4 Å². The second-order valence-electron chi connectivity index (χ2n) is 5.68. The highest BCUT2D eigenvalue weighted by Gasteiger charge is 2.18. The monoisotopic (exact) mass is 362 g/mol. The van der Waals surface area contributed by atoms with E-state index in [1.165, 1.54) is 12.4 Å². The molecule has 1 amide bonds. The minimum Gasteiger partial charge on any atom is -0.489 e. The van der Waals surface area contributed by atoms with Gasteiger partial charge in [0.25, 0.3) is 5.91 Å². The summed E-state index contributed by atoms with van der Waals surface area (Å²) < 4.78 is 11.5. The first-order chi connectivity index (χ1) is 12.1. The number of nitrogens with two attached hydrogens (primary N) is 1. The number of carbonyl (C=O) groups excluding carboxylic acids is 1. The molecular weight excluding hydrogens is 344 g/mol. The first-order valence-corrected chi connectivity index (χ1v) is 8.43. The number of nitrogen functional groups attached to an aromatic ring is 1. The van der Waals surface area contributed by atoms with Gasteiger partial charge in [-0.25, -0.2) is 9.97 Å². The van der Waals surface area contributed by atoms with E-state index in [1.54, 1.807) is 18.2 Å². The number of ether oxygens (including phenoxy) is 2. The molecule has 0 aliphatic carbocycles. The lowest BCUT2D eigenvalue weighted by atomic mass is 10.1. The average molecular weight is 363 g/mol. The van der Waals surface area contributed by atoms with Gasteiger partial charge in [-0.05, 0) is 37.5 Å². The third-order valence-electron chi connectivity index (χ3n) is 3.83. The molecule has 3 N–H and O–H groups in total. The van der Waals surface area contributed by atoms with Gasteiger partial charge in [-0.2, -0.15) is 0 Å². The van der Waals surface area contributed by atoms with Crippen LogP contribution in [0.5, 0.6) is 5.75 Å². The summed E-state index contributed by atoms with van der Waals surface area (Å²) in [7, 11) is 0. The smallest absolute Gasteiger partial charge is 0.278 e. The van der Waals surface area contributed by atoms with Gasteiger partial charge in [-0.1, -0.05) is 11.6 Å². The van der Waals surface area contributed by atoms with Gasteiger partial charge in [0, 0.05) is 24.0 Å². The zero-order chi connectivity index (χ0) is 17.6. The average Bonchev–Trinajstić information content (AvgIpc) is 2.62. The van der Waals surface area contributed by atoms with Crippen molar-refractivity contribution in [2.75, 3.05) is 24.3 Å². The van der Waals surface area contributed by atoms with Gasteiger partial charge in [-0.3, -0.25) is 4.79 Å². The number of amides is 1. The maximum Gasteiger partial charge on any atom is 0.278 e. The van der Waals surface area contributed by atoms with E-state index in [-0.39, 0.29) is 17.6 Å². The van der Waals surface area contributed by atoms with Crippen molar-refractivity contribution >= 4 is 29.0 Å². The van der Waals surface area contributed by atoms with Crippen LogP contribution in [0.1, 0.15) is 29.8 Å². The number of aromatic nitrogens is 2. The third-order valence-corrected chi connectivity index (χ3v) is 4.07. The fourth-order valence-corrected chi connectivity index (χ4v) is 2.72. The lowest BCUT2D eigenvalue weighted by Gasteiger charge is -2.23. The van der Waals surface area contributed by atoms with Crippen molar-refractivity contribution in [1.29, 1.82) is 0 Å². The molecule has 1 aromatic carbocycles. The molecule has 1 atom stereocenters. The quantitative estimate of drug-likeness (QED) is 0.848. The highest BCUT2D eigenvalue weighted by molar-refractivity contribution is 6.31. The molecule has 8 heteroatoms. The van der Waals surface area contributed by atoms with Crippen LogP contribution in [0.2, 0.25) is 5.02 Å². The Bertz CT molecular complexity index is 750. The Morgan fingerprint density at radius 1 is 1.36 bits per heavy atom. The van der Waals surface area contributed by atoms with Gasteiger partial charge in [0.15, 0.2) is 11.5 Å². The molecule has 0 radical (unpaired) electrons. The highest BCUT2D eigenvalue weighted by Crippen LogP contribution is 2.29. The van der Waals surface area contributed by atoms with Crippen LogP contribution >= 0.6 is 11.6 Å². The second kappa shape index (κ2) is 8.13. The first kappa shape index (κ1) is 17.4. The van der Waals surface area contributed by atoms with E-state index in [4.69, 9.17) is 26.8 Å². The number of hydrogen-bond donors (Lipinski definition) is 2. The maximum atomic E-state index is 12.4. The van der Waals surface area contributed by atoms with E-state index in [0.717, 1.165) is 25.9 Å². The molecule has 1 aromatic heterocycles. The Kier molecular flexibility index (Phi) is 5.67. The summed E-state index contributed by atoms with van der Waals surface area (Å²) in [5, 5.41) is 3.20. The van der Waals surface area contributed by atoms with Crippen LogP contribution in [0.3, 0.4) is 0 Å². The summed E-state index contributed by atoms with van der Waals surface area (Å²) in [4.78, 5) is 20.2. The number of nitrogens with one attached hydrogen (secondary N) is 1. The van der Waals surface area contributed by atoms with Crippen LogP contribution in [0, 0.1) is 0 Å². The lowest BCUT2D eigenvalue weighted by Crippen LogP contribution is -2.26. The largest absolute Gasteiger partial charge is 0.489 e. The van der Waals surface area contributed by atoms with Gasteiger partial charge >= 0.3 is 0 Å². The molecule has 1 fully saturated rings. The van der Waals surface area contributed by atoms with Crippen molar-refractivity contribution in [3.63, 3.8) is 0 Å². The Labute approximate surface area is 150 Å². The van der Waals surface area contributed by atoms with Gasteiger partial charge in [0.2, 0.25) is 0 Å². The fraction of sp³-hybridized carbons (Fsp3) is 0.353. The zero-order valence-electron chi connectivity index (χ0n) is 13.6. The molecule has 0 saturated carbocycles. The molecule has 1 unspecified atom stereocenters. The normalized spacial score (nSPS) is 17.1. The Balaban J connectivity index is 1.72. The molecule has 3 rings (SSSR count). The summed E-state index contributed by atoms with van der Waals surface area (Å²) in [5.41, 5.74) is 6.18. The number of benzene rings is 1. The van der Waals surface area contributed by atoms with Crippen molar-refractivity contribution in [3.05, 3.63) is 41.3 Å². The van der Waals surface area contributed by atoms with Crippen LogP contribution in [0.4, 0.5) is 11.5 Å². The number of hydrogen-bond acceptors (Lipinski definition) is 6. The van der Waals surface area contributed by atoms with Crippen LogP contribution < -0.4 is 15.8 Å². The molecule has 7 nitrogen and oxygen atoms in total. The van der Waals surface area contributed by atoms with Crippen molar-refractivity contribution in [3.8, 4) is 5.75 Å². The minimum absolute atomic E-state index is 0.0454. The number of rotatable bonds is 5. The number of anilines is 2. The number of halogens is 1. The summed E-state index contributed by atoms with van der Waals surface area (Å²) in [6.07, 6.45) is 6.06. The molecule has 132 valence electrons.